The van der Waals surface area contributed by atoms with Crippen LogP contribution < -0.4 is 0 Å². The topological polar surface area (TPSA) is 70.0 Å². The summed E-state index contributed by atoms with van der Waals surface area (Å²) in [5.41, 5.74) is 1.16. The first-order valence-corrected chi connectivity index (χ1v) is 8.64. The number of carboxylic acid groups (broad SMARTS) is 1. The van der Waals surface area contributed by atoms with Crippen LogP contribution in [-0.2, 0) is 9.59 Å². The second-order valence-electron chi connectivity index (χ2n) is 5.49. The maximum absolute atomic E-state index is 12.2. The van der Waals surface area contributed by atoms with Crippen LogP contribution >= 0.6 is 23.4 Å². The lowest BCUT2D eigenvalue weighted by Gasteiger charge is -2.48. The Labute approximate surface area is 132 Å². The number of fused-ring (bicyclic) bond motifs is 1. The molecule has 0 spiro atoms. The van der Waals surface area contributed by atoms with Crippen molar-refractivity contribution in [2.45, 2.75) is 48.8 Å². The van der Waals surface area contributed by atoms with E-state index in [1.807, 2.05) is 0 Å². The van der Waals surface area contributed by atoms with Crippen LogP contribution in [0.1, 0.15) is 32.1 Å². The first-order chi connectivity index (χ1) is 10.1. The minimum absolute atomic E-state index is 0.0505. The minimum Gasteiger partial charge on any atom is -0.477 e. The van der Waals surface area contributed by atoms with E-state index in [0.717, 1.165) is 31.4 Å². The Balaban J connectivity index is 1.81. The molecule has 1 amide bonds. The zero-order chi connectivity index (χ0) is 15.0. The lowest BCUT2D eigenvalue weighted by molar-refractivity contribution is -0.147. The smallest absolute Gasteiger partial charge is 0.352 e. The number of aliphatic imine (C=N–C) groups is 1. The summed E-state index contributed by atoms with van der Waals surface area (Å²) >= 11 is 7.39. The molecule has 2 aliphatic heterocycles. The summed E-state index contributed by atoms with van der Waals surface area (Å²) in [6.45, 7) is 0. The fourth-order valence-electron chi connectivity index (χ4n) is 2.97. The molecule has 3 rings (SSSR count). The molecule has 5 nitrogen and oxygen atoms in total. The quantitative estimate of drug-likeness (QED) is 0.637. The van der Waals surface area contributed by atoms with Gasteiger partial charge in [0.15, 0.2) is 6.04 Å². The SMILES string of the molecule is O=C(O)C1=CC(CCl)S[C@@H]2C(N=C3CCCCC3)C(=O)N12. The second kappa shape index (κ2) is 6.01. The maximum atomic E-state index is 12.2. The van der Waals surface area contributed by atoms with Crippen LogP contribution in [0.4, 0.5) is 0 Å². The zero-order valence-electron chi connectivity index (χ0n) is 11.5. The van der Waals surface area contributed by atoms with Crippen LogP contribution in [0.3, 0.4) is 0 Å². The fraction of sp³-hybridized carbons (Fsp3) is 0.643. The summed E-state index contributed by atoms with van der Waals surface area (Å²) in [5, 5.41) is 8.95. The first-order valence-electron chi connectivity index (χ1n) is 7.17. The average Bonchev–Trinajstić information content (AvgIpc) is 2.51. The van der Waals surface area contributed by atoms with E-state index in [1.165, 1.54) is 23.1 Å². The highest BCUT2D eigenvalue weighted by molar-refractivity contribution is 8.01. The zero-order valence-corrected chi connectivity index (χ0v) is 13.1. The highest BCUT2D eigenvalue weighted by Crippen LogP contribution is 2.42. The monoisotopic (exact) mass is 328 g/mol. The van der Waals surface area contributed by atoms with Gasteiger partial charge in [0.05, 0.1) is 0 Å². The van der Waals surface area contributed by atoms with E-state index in [-0.39, 0.29) is 22.2 Å². The number of thioether (sulfide) groups is 1. The summed E-state index contributed by atoms with van der Waals surface area (Å²) in [4.78, 5) is 29.5. The van der Waals surface area contributed by atoms with Crippen molar-refractivity contribution in [3.8, 4) is 0 Å². The van der Waals surface area contributed by atoms with Crippen molar-refractivity contribution in [2.24, 2.45) is 4.99 Å². The largest absolute Gasteiger partial charge is 0.477 e. The van der Waals surface area contributed by atoms with Gasteiger partial charge in [0.25, 0.3) is 5.91 Å². The predicted octanol–water partition coefficient (Wildman–Crippen LogP) is 2.25. The van der Waals surface area contributed by atoms with Gasteiger partial charge in [-0.2, -0.15) is 0 Å². The fourth-order valence-corrected chi connectivity index (χ4v) is 4.59. The van der Waals surface area contributed by atoms with Crippen molar-refractivity contribution in [3.05, 3.63) is 11.8 Å². The molecule has 114 valence electrons. The molecule has 0 aromatic heterocycles. The van der Waals surface area contributed by atoms with Gasteiger partial charge in [0.1, 0.15) is 11.1 Å². The van der Waals surface area contributed by atoms with Crippen LogP contribution in [0.25, 0.3) is 0 Å². The van der Waals surface area contributed by atoms with Crippen molar-refractivity contribution in [3.63, 3.8) is 0 Å². The molecule has 1 N–H and O–H groups in total. The van der Waals surface area contributed by atoms with Gasteiger partial charge in [-0.15, -0.1) is 23.4 Å². The standard InChI is InChI=1S/C14H17ClN2O3S/c15-7-9-6-10(14(19)20)17-12(18)11(13(17)21-9)16-8-4-2-1-3-5-8/h6,9,11,13H,1-5,7H2,(H,19,20)/t9?,11?,13-/m1/s1. The molecule has 0 radical (unpaired) electrons. The molecule has 1 saturated heterocycles. The van der Waals surface area contributed by atoms with E-state index in [4.69, 9.17) is 11.6 Å². The van der Waals surface area contributed by atoms with Gasteiger partial charge >= 0.3 is 5.97 Å². The lowest BCUT2D eigenvalue weighted by atomic mass is 9.97. The molecular weight excluding hydrogens is 312 g/mol. The number of carbonyl (C=O) groups excluding carboxylic acids is 1. The number of hydrogen-bond donors (Lipinski definition) is 1. The molecule has 7 heteroatoms. The van der Waals surface area contributed by atoms with Crippen LogP contribution in [0.2, 0.25) is 0 Å². The minimum atomic E-state index is -1.08. The number of aliphatic carboxylic acids is 1. The highest BCUT2D eigenvalue weighted by atomic mass is 35.5. The normalized spacial score (nSPS) is 32.1. The van der Waals surface area contributed by atoms with E-state index in [2.05, 4.69) is 4.99 Å². The lowest BCUT2D eigenvalue weighted by Crippen LogP contribution is -2.64. The molecule has 3 aliphatic rings. The van der Waals surface area contributed by atoms with Gasteiger partial charge in [-0.1, -0.05) is 6.42 Å². The Kier molecular flexibility index (Phi) is 4.26. The summed E-state index contributed by atoms with van der Waals surface area (Å²) in [6, 6.07) is -0.433. The Morgan fingerprint density at radius 2 is 2.14 bits per heavy atom. The summed E-state index contributed by atoms with van der Waals surface area (Å²) in [6.07, 6.45) is 6.97. The van der Waals surface area contributed by atoms with E-state index < -0.39 is 12.0 Å². The van der Waals surface area contributed by atoms with Crippen molar-refractivity contribution in [2.75, 3.05) is 5.88 Å². The Morgan fingerprint density at radius 3 is 2.76 bits per heavy atom. The number of β-lactam (4-membered cyclic amide) rings is 1. The third-order valence-corrected chi connectivity index (χ3v) is 5.97. The molecule has 2 fully saturated rings. The number of hydrogen-bond acceptors (Lipinski definition) is 4. The Bertz CT molecular complexity index is 526. The number of rotatable bonds is 3. The first kappa shape index (κ1) is 14.9. The van der Waals surface area contributed by atoms with Gasteiger partial charge in [0, 0.05) is 16.8 Å². The third-order valence-electron chi connectivity index (χ3n) is 4.06. The molecule has 1 aliphatic carbocycles. The molecular formula is C14H17ClN2O3S. The third kappa shape index (κ3) is 2.71. The number of halogens is 1. The number of alkyl halides is 1. The maximum Gasteiger partial charge on any atom is 0.352 e. The number of amides is 1. The molecule has 3 atom stereocenters. The van der Waals surface area contributed by atoms with Crippen molar-refractivity contribution < 1.29 is 14.7 Å². The summed E-state index contributed by atoms with van der Waals surface area (Å²) in [7, 11) is 0. The van der Waals surface area contributed by atoms with Crippen molar-refractivity contribution >= 4 is 41.0 Å². The molecule has 0 aromatic carbocycles. The predicted molar refractivity (Wildman–Crippen MR) is 82.8 cm³/mol. The number of carbonyl (C=O) groups is 2. The van der Waals surface area contributed by atoms with Gasteiger partial charge in [0.2, 0.25) is 0 Å². The van der Waals surface area contributed by atoms with Gasteiger partial charge in [-0.25, -0.2) is 4.79 Å². The van der Waals surface area contributed by atoms with Crippen LogP contribution in [0.15, 0.2) is 16.8 Å². The molecule has 21 heavy (non-hydrogen) atoms. The summed E-state index contributed by atoms with van der Waals surface area (Å²) < 4.78 is 0. The molecule has 1 saturated carbocycles. The molecule has 0 aromatic rings. The Morgan fingerprint density at radius 1 is 1.43 bits per heavy atom. The van der Waals surface area contributed by atoms with E-state index in [1.54, 1.807) is 6.08 Å². The van der Waals surface area contributed by atoms with Crippen LogP contribution in [0.5, 0.6) is 0 Å². The van der Waals surface area contributed by atoms with Gasteiger partial charge < -0.3 is 5.11 Å². The second-order valence-corrected chi connectivity index (χ2v) is 7.15. The summed E-state index contributed by atoms with van der Waals surface area (Å²) in [5.74, 6) is -0.941. The van der Waals surface area contributed by atoms with Crippen LogP contribution in [-0.4, -0.2) is 50.1 Å². The van der Waals surface area contributed by atoms with Gasteiger partial charge in [-0.3, -0.25) is 14.7 Å². The van der Waals surface area contributed by atoms with Crippen LogP contribution in [0, 0.1) is 0 Å². The van der Waals surface area contributed by atoms with Crippen molar-refractivity contribution in [1.29, 1.82) is 0 Å². The van der Waals surface area contributed by atoms with Gasteiger partial charge in [-0.05, 0) is 31.8 Å². The average molecular weight is 329 g/mol. The number of carboxylic acids is 1. The molecule has 0 bridgehead atoms. The Hall–Kier alpha value is -1.01. The van der Waals surface area contributed by atoms with E-state index in [9.17, 15) is 14.7 Å². The van der Waals surface area contributed by atoms with Crippen molar-refractivity contribution in [1.82, 2.24) is 4.90 Å². The highest BCUT2D eigenvalue weighted by Gasteiger charge is 2.53. The number of nitrogens with zero attached hydrogens (tertiary/aromatic N) is 2. The molecule has 2 heterocycles. The van der Waals surface area contributed by atoms with E-state index in [0.29, 0.717) is 5.88 Å². The van der Waals surface area contributed by atoms with E-state index >= 15 is 0 Å². The molecule has 2 unspecified atom stereocenters.